The summed E-state index contributed by atoms with van der Waals surface area (Å²) in [6.45, 7) is 0.946. The molecule has 8 nitrogen and oxygen atoms in total. The number of nitrogens with one attached hydrogen (secondary N) is 2. The van der Waals surface area contributed by atoms with Gasteiger partial charge in [-0.1, -0.05) is 11.3 Å². The number of rotatable bonds is 10. The minimum atomic E-state index is -3.71. The summed E-state index contributed by atoms with van der Waals surface area (Å²) >= 11 is 0.843. The zero-order chi connectivity index (χ0) is 15.9. The van der Waals surface area contributed by atoms with Gasteiger partial charge in [-0.3, -0.25) is 10.1 Å². The van der Waals surface area contributed by atoms with Crippen LogP contribution in [0.5, 0.6) is 0 Å². The van der Waals surface area contributed by atoms with Gasteiger partial charge in [-0.15, -0.1) is 0 Å². The van der Waals surface area contributed by atoms with Crippen molar-refractivity contribution in [2.75, 3.05) is 32.6 Å². The highest BCUT2D eigenvalue weighted by Gasteiger charge is 2.25. The molecule has 0 saturated carbocycles. The topological polar surface area (TPSA) is 111 Å². The highest BCUT2D eigenvalue weighted by atomic mass is 32.2. The second-order valence-corrected chi connectivity index (χ2v) is 7.28. The fourth-order valence-corrected chi connectivity index (χ4v) is 4.03. The van der Waals surface area contributed by atoms with Crippen molar-refractivity contribution >= 4 is 32.0 Å². The summed E-state index contributed by atoms with van der Waals surface area (Å²) in [7, 11) is -0.576. The van der Waals surface area contributed by atoms with Crippen molar-refractivity contribution in [3.8, 4) is 0 Å². The number of hydrogen-bond donors (Lipinski definition) is 2. The lowest BCUT2D eigenvalue weighted by molar-refractivity contribution is -0.383. The number of sulfonamides is 1. The minimum absolute atomic E-state index is 0.0598. The Labute approximate surface area is 127 Å². The molecule has 0 atom stereocenters. The third-order valence-corrected chi connectivity index (χ3v) is 5.77. The molecule has 0 spiro atoms. The molecule has 0 aromatic carbocycles. The normalized spacial score (nSPS) is 11.5. The van der Waals surface area contributed by atoms with Gasteiger partial charge in [0.2, 0.25) is 10.0 Å². The molecule has 1 aromatic rings. The highest BCUT2D eigenvalue weighted by Crippen LogP contribution is 2.36. The summed E-state index contributed by atoms with van der Waals surface area (Å²) in [4.78, 5) is 10.2. The molecule has 0 aliphatic carbocycles. The summed E-state index contributed by atoms with van der Waals surface area (Å²) in [6, 6.07) is 1.07. The number of unbranched alkanes of at least 4 members (excludes halogenated alkanes) is 2. The van der Waals surface area contributed by atoms with E-state index in [1.165, 1.54) is 7.05 Å². The summed E-state index contributed by atoms with van der Waals surface area (Å²) < 4.78 is 31.4. The summed E-state index contributed by atoms with van der Waals surface area (Å²) in [5.74, 6) is 0. The van der Waals surface area contributed by atoms with Gasteiger partial charge in [0.25, 0.3) is 0 Å². The monoisotopic (exact) mass is 337 g/mol. The first kappa shape index (κ1) is 17.8. The fraction of sp³-hybridized carbons (Fsp3) is 0.636. The van der Waals surface area contributed by atoms with Gasteiger partial charge in [-0.2, -0.15) is 0 Å². The molecule has 0 radical (unpaired) electrons. The fourth-order valence-electron chi connectivity index (χ4n) is 1.63. The molecular weight excluding hydrogens is 318 g/mol. The van der Waals surface area contributed by atoms with E-state index in [2.05, 4.69) is 10.0 Å². The number of hydrogen-bond acceptors (Lipinski definition) is 7. The number of ether oxygens (including phenoxy) is 1. The molecule has 0 saturated heterocycles. The molecule has 0 aliphatic heterocycles. The number of methoxy groups -OCH3 is 1. The van der Waals surface area contributed by atoms with E-state index in [1.807, 2.05) is 0 Å². The van der Waals surface area contributed by atoms with Gasteiger partial charge in [-0.05, 0) is 19.3 Å². The molecule has 1 aromatic heterocycles. The Balaban J connectivity index is 2.64. The SMILES string of the molecule is CNc1sc(S(=O)(=O)NCCCCCOC)cc1[N+](=O)[O-]. The first-order valence-corrected chi connectivity index (χ1v) is 8.67. The van der Waals surface area contributed by atoms with Crippen molar-refractivity contribution in [3.63, 3.8) is 0 Å². The van der Waals surface area contributed by atoms with Gasteiger partial charge >= 0.3 is 5.69 Å². The maximum Gasteiger partial charge on any atom is 0.304 e. The molecule has 1 heterocycles. The third-order valence-electron chi connectivity index (χ3n) is 2.70. The van der Waals surface area contributed by atoms with Crippen LogP contribution in [0.2, 0.25) is 0 Å². The zero-order valence-electron chi connectivity index (χ0n) is 11.9. The Bertz CT molecular complexity index is 570. The van der Waals surface area contributed by atoms with E-state index < -0.39 is 14.9 Å². The molecule has 21 heavy (non-hydrogen) atoms. The minimum Gasteiger partial charge on any atom is -0.385 e. The molecule has 1 rings (SSSR count). The van der Waals surface area contributed by atoms with E-state index in [0.717, 1.165) is 30.2 Å². The lowest BCUT2D eigenvalue weighted by Gasteiger charge is -2.04. The van der Waals surface area contributed by atoms with Gasteiger partial charge in [0.1, 0.15) is 4.21 Å². The van der Waals surface area contributed by atoms with Gasteiger partial charge in [-0.25, -0.2) is 13.1 Å². The summed E-state index contributed by atoms with van der Waals surface area (Å²) in [6.07, 6.45) is 2.41. The van der Waals surface area contributed by atoms with Crippen molar-refractivity contribution in [1.29, 1.82) is 0 Å². The number of nitrogens with zero attached hydrogens (tertiary/aromatic N) is 1. The first-order chi connectivity index (χ1) is 9.92. The van der Waals surface area contributed by atoms with Gasteiger partial charge in [0.05, 0.1) is 4.92 Å². The lowest BCUT2D eigenvalue weighted by atomic mass is 10.2. The summed E-state index contributed by atoms with van der Waals surface area (Å²) in [5.41, 5.74) is -0.233. The van der Waals surface area contributed by atoms with Crippen LogP contribution in [0.1, 0.15) is 19.3 Å². The Morgan fingerprint density at radius 3 is 2.62 bits per heavy atom. The van der Waals surface area contributed by atoms with E-state index in [1.54, 1.807) is 7.11 Å². The molecule has 0 aliphatic rings. The maximum atomic E-state index is 12.0. The zero-order valence-corrected chi connectivity index (χ0v) is 13.6. The van der Waals surface area contributed by atoms with Crippen LogP contribution in [-0.4, -0.2) is 40.7 Å². The average Bonchev–Trinajstić information content (AvgIpc) is 2.88. The van der Waals surface area contributed by atoms with Gasteiger partial charge in [0.15, 0.2) is 5.00 Å². The molecular formula is C11H19N3O5S2. The number of thiophene rings is 1. The van der Waals surface area contributed by atoms with Crippen molar-refractivity contribution in [2.45, 2.75) is 23.5 Å². The Morgan fingerprint density at radius 1 is 1.38 bits per heavy atom. The largest absolute Gasteiger partial charge is 0.385 e. The predicted molar refractivity (Wildman–Crippen MR) is 81.4 cm³/mol. The second kappa shape index (κ2) is 8.27. The molecule has 2 N–H and O–H groups in total. The maximum absolute atomic E-state index is 12.0. The van der Waals surface area contributed by atoms with Crippen LogP contribution in [0, 0.1) is 10.1 Å². The highest BCUT2D eigenvalue weighted by molar-refractivity contribution is 7.91. The van der Waals surface area contributed by atoms with Crippen LogP contribution >= 0.6 is 11.3 Å². The van der Waals surface area contributed by atoms with Gasteiger partial charge < -0.3 is 10.1 Å². The van der Waals surface area contributed by atoms with Crippen molar-refractivity contribution in [2.24, 2.45) is 0 Å². The van der Waals surface area contributed by atoms with Crippen LogP contribution < -0.4 is 10.0 Å². The van der Waals surface area contributed by atoms with Crippen LogP contribution in [0.3, 0.4) is 0 Å². The Morgan fingerprint density at radius 2 is 2.10 bits per heavy atom. The molecule has 0 fully saturated rings. The average molecular weight is 337 g/mol. The van der Waals surface area contributed by atoms with E-state index in [0.29, 0.717) is 19.6 Å². The summed E-state index contributed by atoms with van der Waals surface area (Å²) in [5, 5.41) is 13.7. The Kier molecular flexibility index (Phi) is 7.02. The molecule has 0 bridgehead atoms. The van der Waals surface area contributed by atoms with Crippen LogP contribution in [0.25, 0.3) is 0 Å². The molecule has 120 valence electrons. The number of anilines is 1. The predicted octanol–water partition coefficient (Wildman–Crippen LogP) is 1.79. The molecule has 0 unspecified atom stereocenters. The van der Waals surface area contributed by atoms with Crippen molar-refractivity contribution in [1.82, 2.24) is 4.72 Å². The molecule has 0 amide bonds. The van der Waals surface area contributed by atoms with E-state index in [4.69, 9.17) is 4.74 Å². The van der Waals surface area contributed by atoms with Crippen LogP contribution in [-0.2, 0) is 14.8 Å². The van der Waals surface area contributed by atoms with Crippen molar-refractivity contribution in [3.05, 3.63) is 16.2 Å². The lowest BCUT2D eigenvalue weighted by Crippen LogP contribution is -2.24. The first-order valence-electron chi connectivity index (χ1n) is 6.37. The van der Waals surface area contributed by atoms with Gasteiger partial charge in [0, 0.05) is 33.4 Å². The second-order valence-electron chi connectivity index (χ2n) is 4.24. The van der Waals surface area contributed by atoms with Crippen molar-refractivity contribution < 1.29 is 18.1 Å². The van der Waals surface area contributed by atoms with E-state index in [9.17, 15) is 18.5 Å². The Hall–Kier alpha value is -1.23. The quantitative estimate of drug-likeness (QED) is 0.382. The third kappa shape index (κ3) is 5.23. The molecule has 10 heteroatoms. The van der Waals surface area contributed by atoms with E-state index in [-0.39, 0.29) is 14.9 Å². The van der Waals surface area contributed by atoms with Crippen LogP contribution in [0.4, 0.5) is 10.7 Å². The standard InChI is InChI=1S/C11H19N3O5S2/c1-12-11-9(14(15)16)8-10(20-11)21(17,18)13-6-4-3-5-7-19-2/h8,12-13H,3-7H2,1-2H3. The number of nitro groups is 1. The van der Waals surface area contributed by atoms with Crippen LogP contribution in [0.15, 0.2) is 10.3 Å². The van der Waals surface area contributed by atoms with E-state index >= 15 is 0 Å². The smallest absolute Gasteiger partial charge is 0.304 e.